The lowest BCUT2D eigenvalue weighted by atomic mass is 10.1. The van der Waals surface area contributed by atoms with Crippen LogP contribution in [-0.2, 0) is 30.7 Å². The highest BCUT2D eigenvalue weighted by molar-refractivity contribution is 7.10. The molecular formula is C25H32N4OS. The first-order valence-electron chi connectivity index (χ1n) is 11.1. The van der Waals surface area contributed by atoms with Gasteiger partial charge in [0.05, 0.1) is 5.69 Å². The number of nitrogens with zero attached hydrogens (tertiary/aromatic N) is 3. The van der Waals surface area contributed by atoms with Crippen molar-refractivity contribution < 1.29 is 4.79 Å². The summed E-state index contributed by atoms with van der Waals surface area (Å²) in [7, 11) is 0. The first-order chi connectivity index (χ1) is 14.9. The van der Waals surface area contributed by atoms with Crippen molar-refractivity contribution in [3.8, 4) is 0 Å². The Balaban J connectivity index is 1.32. The van der Waals surface area contributed by atoms with Crippen LogP contribution in [0.3, 0.4) is 0 Å². The fraction of sp³-hybridized carbons (Fsp3) is 0.440. The Morgan fingerprint density at radius 3 is 2.71 bits per heavy atom. The van der Waals surface area contributed by atoms with Gasteiger partial charge < -0.3 is 10.2 Å². The van der Waals surface area contributed by atoms with Crippen molar-refractivity contribution in [2.24, 2.45) is 5.92 Å². The molecule has 5 nitrogen and oxygen atoms in total. The molecule has 0 fully saturated rings. The van der Waals surface area contributed by atoms with E-state index in [9.17, 15) is 4.79 Å². The molecule has 6 heteroatoms. The number of hydrogen-bond donors (Lipinski definition) is 1. The molecule has 0 radical (unpaired) electrons. The Kier molecular flexibility index (Phi) is 6.46. The fourth-order valence-corrected chi connectivity index (χ4v) is 5.20. The van der Waals surface area contributed by atoms with Gasteiger partial charge in [-0.3, -0.25) is 9.48 Å². The normalized spacial score (nSPS) is 13.5. The summed E-state index contributed by atoms with van der Waals surface area (Å²) in [5, 5.41) is 9.89. The molecule has 1 aliphatic rings. The fourth-order valence-electron chi connectivity index (χ4n) is 4.31. The van der Waals surface area contributed by atoms with Crippen molar-refractivity contribution >= 4 is 28.6 Å². The molecule has 1 amide bonds. The number of aromatic nitrogens is 2. The molecule has 3 heterocycles. The summed E-state index contributed by atoms with van der Waals surface area (Å²) >= 11 is 1.86. The average molecular weight is 437 g/mol. The lowest BCUT2D eigenvalue weighted by Gasteiger charge is -2.29. The van der Waals surface area contributed by atoms with Gasteiger partial charge >= 0.3 is 0 Å². The third-order valence-electron chi connectivity index (χ3n) is 6.00. The van der Waals surface area contributed by atoms with Crippen LogP contribution in [0.1, 0.15) is 47.7 Å². The molecule has 1 aliphatic heterocycles. The van der Waals surface area contributed by atoms with E-state index >= 15 is 0 Å². The molecule has 1 aromatic carbocycles. The second kappa shape index (κ2) is 9.27. The summed E-state index contributed by atoms with van der Waals surface area (Å²) in [6, 6.07) is 10.5. The Morgan fingerprint density at radius 1 is 1.19 bits per heavy atom. The van der Waals surface area contributed by atoms with E-state index in [0.29, 0.717) is 12.3 Å². The van der Waals surface area contributed by atoms with E-state index in [1.165, 1.54) is 27.4 Å². The minimum Gasteiger partial charge on any atom is -0.367 e. The standard InChI is InChI=1S/C25H32N4OS/c1-17(2)15-29-19(4)23(18(3)27-29)9-10-25(30)26-21-5-7-22(8-6-21)28-13-11-24-20(16-28)12-14-31-24/h5-8,12,14,17H,9-11,13,15-16H2,1-4H3,(H,26,30). The number of amides is 1. The minimum absolute atomic E-state index is 0.0454. The maximum Gasteiger partial charge on any atom is 0.224 e. The molecule has 0 saturated carbocycles. The lowest BCUT2D eigenvalue weighted by Crippen LogP contribution is -2.29. The molecule has 0 saturated heterocycles. The minimum atomic E-state index is 0.0454. The van der Waals surface area contributed by atoms with Crippen LogP contribution < -0.4 is 10.2 Å². The van der Waals surface area contributed by atoms with E-state index in [1.54, 1.807) is 0 Å². The monoisotopic (exact) mass is 436 g/mol. The van der Waals surface area contributed by atoms with Gasteiger partial charge in [-0.2, -0.15) is 5.10 Å². The SMILES string of the molecule is Cc1nn(CC(C)C)c(C)c1CCC(=O)Nc1ccc(N2CCc3sccc3C2)cc1. The zero-order chi connectivity index (χ0) is 22.0. The molecule has 2 aromatic heterocycles. The van der Waals surface area contributed by atoms with Crippen molar-refractivity contribution in [3.05, 3.63) is 63.1 Å². The first-order valence-corrected chi connectivity index (χ1v) is 12.0. The summed E-state index contributed by atoms with van der Waals surface area (Å²) in [5.41, 5.74) is 6.91. The predicted molar refractivity (Wildman–Crippen MR) is 129 cm³/mol. The van der Waals surface area contributed by atoms with Gasteiger partial charge in [-0.15, -0.1) is 11.3 Å². The van der Waals surface area contributed by atoms with E-state index < -0.39 is 0 Å². The maximum absolute atomic E-state index is 12.5. The second-order valence-electron chi connectivity index (χ2n) is 8.86. The van der Waals surface area contributed by atoms with Gasteiger partial charge in [0.25, 0.3) is 0 Å². The molecule has 1 N–H and O–H groups in total. The lowest BCUT2D eigenvalue weighted by molar-refractivity contribution is -0.116. The molecule has 0 atom stereocenters. The highest BCUT2D eigenvalue weighted by Gasteiger charge is 2.18. The summed E-state index contributed by atoms with van der Waals surface area (Å²) in [6.07, 6.45) is 2.29. The smallest absolute Gasteiger partial charge is 0.224 e. The van der Waals surface area contributed by atoms with Gasteiger partial charge in [-0.25, -0.2) is 0 Å². The third kappa shape index (κ3) is 5.01. The van der Waals surface area contributed by atoms with Crippen molar-refractivity contribution in [2.45, 2.75) is 60.0 Å². The van der Waals surface area contributed by atoms with E-state index in [-0.39, 0.29) is 5.91 Å². The van der Waals surface area contributed by atoms with Crippen LogP contribution >= 0.6 is 11.3 Å². The van der Waals surface area contributed by atoms with E-state index in [2.05, 4.69) is 64.3 Å². The van der Waals surface area contributed by atoms with Crippen LogP contribution in [0, 0.1) is 19.8 Å². The molecular weight excluding hydrogens is 404 g/mol. The maximum atomic E-state index is 12.5. The number of thiophene rings is 1. The average Bonchev–Trinajstić information content (AvgIpc) is 3.30. The number of anilines is 2. The molecule has 0 spiro atoms. The Morgan fingerprint density at radius 2 is 1.97 bits per heavy atom. The van der Waals surface area contributed by atoms with Gasteiger partial charge in [0.1, 0.15) is 0 Å². The topological polar surface area (TPSA) is 50.2 Å². The number of nitrogens with one attached hydrogen (secondary N) is 1. The summed E-state index contributed by atoms with van der Waals surface area (Å²) in [4.78, 5) is 16.5. The van der Waals surface area contributed by atoms with Crippen LogP contribution in [0.4, 0.5) is 11.4 Å². The van der Waals surface area contributed by atoms with Crippen molar-refractivity contribution in [2.75, 3.05) is 16.8 Å². The predicted octanol–water partition coefficient (Wildman–Crippen LogP) is 5.35. The number of fused-ring (bicyclic) bond motifs is 1. The zero-order valence-electron chi connectivity index (χ0n) is 18.9. The van der Waals surface area contributed by atoms with Gasteiger partial charge in [-0.1, -0.05) is 13.8 Å². The number of rotatable bonds is 7. The Labute approximate surface area is 189 Å². The van der Waals surface area contributed by atoms with Gasteiger partial charge in [0.15, 0.2) is 0 Å². The largest absolute Gasteiger partial charge is 0.367 e. The van der Waals surface area contributed by atoms with Crippen LogP contribution in [0.5, 0.6) is 0 Å². The molecule has 31 heavy (non-hydrogen) atoms. The van der Waals surface area contributed by atoms with E-state index in [4.69, 9.17) is 0 Å². The van der Waals surface area contributed by atoms with Gasteiger partial charge in [0, 0.05) is 48.0 Å². The van der Waals surface area contributed by atoms with E-state index in [0.717, 1.165) is 43.9 Å². The summed E-state index contributed by atoms with van der Waals surface area (Å²) in [5.74, 6) is 0.596. The Bertz CT molecular complexity index is 1050. The molecule has 164 valence electrons. The molecule has 0 unspecified atom stereocenters. The number of carbonyl (C=O) groups is 1. The van der Waals surface area contributed by atoms with Crippen molar-refractivity contribution in [1.82, 2.24) is 9.78 Å². The van der Waals surface area contributed by atoms with Gasteiger partial charge in [0.2, 0.25) is 5.91 Å². The molecule has 3 aromatic rings. The zero-order valence-corrected chi connectivity index (χ0v) is 19.8. The summed E-state index contributed by atoms with van der Waals surface area (Å²) < 4.78 is 2.08. The number of aryl methyl sites for hydroxylation is 1. The van der Waals surface area contributed by atoms with Crippen LogP contribution in [0.15, 0.2) is 35.7 Å². The summed E-state index contributed by atoms with van der Waals surface area (Å²) in [6.45, 7) is 11.5. The highest BCUT2D eigenvalue weighted by atomic mass is 32.1. The molecule has 0 aliphatic carbocycles. The number of carbonyl (C=O) groups excluding carboxylic acids is 1. The van der Waals surface area contributed by atoms with Crippen LogP contribution in [-0.4, -0.2) is 22.2 Å². The Hall–Kier alpha value is -2.60. The number of benzene rings is 1. The number of hydrogen-bond acceptors (Lipinski definition) is 4. The van der Waals surface area contributed by atoms with Crippen LogP contribution in [0.25, 0.3) is 0 Å². The van der Waals surface area contributed by atoms with Crippen molar-refractivity contribution in [1.29, 1.82) is 0 Å². The molecule has 0 bridgehead atoms. The van der Waals surface area contributed by atoms with Gasteiger partial charge in [-0.05, 0) is 79.4 Å². The van der Waals surface area contributed by atoms with Crippen molar-refractivity contribution in [3.63, 3.8) is 0 Å². The van der Waals surface area contributed by atoms with E-state index in [1.807, 2.05) is 30.4 Å². The quantitative estimate of drug-likeness (QED) is 0.543. The molecule has 4 rings (SSSR count). The van der Waals surface area contributed by atoms with Crippen LogP contribution in [0.2, 0.25) is 0 Å². The first kappa shape index (κ1) is 21.6. The second-order valence-corrected chi connectivity index (χ2v) is 9.86. The highest BCUT2D eigenvalue weighted by Crippen LogP contribution is 2.28. The third-order valence-corrected chi connectivity index (χ3v) is 7.02.